The quantitative estimate of drug-likeness (QED) is 0.442. The fraction of sp³-hybridized carbons (Fsp3) is 0.783. The SMILES string of the molecule is C=C1CCC2[C@]3(C)COC(C)(C)O[C@@H]3CC[C@]2(C)[C@H]1C/C=C1/C(=O)OC[C@H]1O. The molecule has 4 aliphatic rings. The van der Waals surface area contributed by atoms with E-state index in [2.05, 4.69) is 20.4 Å². The third-order valence-corrected chi connectivity index (χ3v) is 8.01. The highest BCUT2D eigenvalue weighted by Gasteiger charge is 2.60. The van der Waals surface area contributed by atoms with E-state index in [1.54, 1.807) is 0 Å². The molecule has 4 rings (SSSR count). The van der Waals surface area contributed by atoms with Crippen molar-refractivity contribution in [3.63, 3.8) is 0 Å². The topological polar surface area (TPSA) is 65.0 Å². The zero-order chi connectivity index (χ0) is 20.3. The highest BCUT2D eigenvalue weighted by atomic mass is 16.7. The van der Waals surface area contributed by atoms with Crippen molar-refractivity contribution in [2.45, 2.75) is 77.8 Å². The Balaban J connectivity index is 1.61. The molecule has 2 aliphatic heterocycles. The molecule has 4 fully saturated rings. The van der Waals surface area contributed by atoms with Gasteiger partial charge < -0.3 is 19.3 Å². The van der Waals surface area contributed by atoms with Gasteiger partial charge in [-0.2, -0.15) is 0 Å². The maximum absolute atomic E-state index is 11.9. The highest BCUT2D eigenvalue weighted by molar-refractivity contribution is 5.91. The fourth-order valence-electron chi connectivity index (χ4n) is 6.43. The van der Waals surface area contributed by atoms with Gasteiger partial charge in [-0.05, 0) is 63.2 Å². The van der Waals surface area contributed by atoms with Gasteiger partial charge >= 0.3 is 5.97 Å². The Hall–Kier alpha value is -1.17. The summed E-state index contributed by atoms with van der Waals surface area (Å²) < 4.78 is 17.4. The average Bonchev–Trinajstić information content (AvgIpc) is 2.93. The van der Waals surface area contributed by atoms with Gasteiger partial charge in [0.15, 0.2) is 5.79 Å². The van der Waals surface area contributed by atoms with E-state index < -0.39 is 11.9 Å². The molecule has 5 nitrogen and oxygen atoms in total. The van der Waals surface area contributed by atoms with Crippen LogP contribution in [0.5, 0.6) is 0 Å². The Morgan fingerprint density at radius 1 is 1.21 bits per heavy atom. The lowest BCUT2D eigenvalue weighted by Gasteiger charge is -2.63. The first-order valence-electron chi connectivity index (χ1n) is 10.6. The van der Waals surface area contributed by atoms with E-state index >= 15 is 0 Å². The van der Waals surface area contributed by atoms with Crippen LogP contribution in [0.25, 0.3) is 0 Å². The van der Waals surface area contributed by atoms with E-state index in [0.29, 0.717) is 11.5 Å². The molecule has 2 saturated heterocycles. The number of aliphatic hydroxyl groups excluding tert-OH is 1. The van der Waals surface area contributed by atoms with E-state index in [1.807, 2.05) is 19.9 Å². The van der Waals surface area contributed by atoms with Crippen LogP contribution in [-0.4, -0.2) is 42.3 Å². The molecule has 0 radical (unpaired) electrons. The minimum Gasteiger partial charge on any atom is -0.459 e. The first-order chi connectivity index (χ1) is 13.1. The van der Waals surface area contributed by atoms with E-state index in [9.17, 15) is 9.90 Å². The van der Waals surface area contributed by atoms with E-state index in [0.717, 1.165) is 38.7 Å². The van der Waals surface area contributed by atoms with E-state index in [1.165, 1.54) is 5.57 Å². The number of aliphatic hydroxyl groups is 1. The van der Waals surface area contributed by atoms with Crippen molar-refractivity contribution in [2.24, 2.45) is 22.7 Å². The van der Waals surface area contributed by atoms with Crippen LogP contribution in [0.2, 0.25) is 0 Å². The molecule has 2 heterocycles. The zero-order valence-electron chi connectivity index (χ0n) is 17.6. The molecule has 1 N–H and O–H groups in total. The predicted octanol–water partition coefficient (Wildman–Crippen LogP) is 3.76. The summed E-state index contributed by atoms with van der Waals surface area (Å²) >= 11 is 0. The summed E-state index contributed by atoms with van der Waals surface area (Å²) in [6, 6.07) is 0. The molecule has 5 heteroatoms. The second kappa shape index (κ2) is 6.68. The molecular weight excluding hydrogens is 356 g/mol. The van der Waals surface area contributed by atoms with Crippen molar-refractivity contribution < 1.29 is 24.1 Å². The van der Waals surface area contributed by atoms with Crippen LogP contribution < -0.4 is 0 Å². The summed E-state index contributed by atoms with van der Waals surface area (Å²) in [6.07, 6.45) is 6.22. The van der Waals surface area contributed by atoms with Crippen molar-refractivity contribution in [2.75, 3.05) is 13.2 Å². The molecule has 2 aliphatic carbocycles. The summed E-state index contributed by atoms with van der Waals surface area (Å²) in [6.45, 7) is 13.9. The Labute approximate surface area is 168 Å². The molecule has 0 amide bonds. The highest BCUT2D eigenvalue weighted by Crippen LogP contribution is 2.63. The number of fused-ring (bicyclic) bond motifs is 3. The molecule has 1 unspecified atom stereocenters. The monoisotopic (exact) mass is 390 g/mol. The normalized spacial score (nSPS) is 46.8. The third-order valence-electron chi connectivity index (χ3n) is 8.01. The van der Waals surface area contributed by atoms with Gasteiger partial charge in [0.1, 0.15) is 12.7 Å². The van der Waals surface area contributed by atoms with E-state index in [4.69, 9.17) is 14.2 Å². The molecule has 0 aromatic carbocycles. The summed E-state index contributed by atoms with van der Waals surface area (Å²) in [4.78, 5) is 11.9. The lowest BCUT2D eigenvalue weighted by Crippen LogP contribution is -2.62. The second-order valence-corrected chi connectivity index (χ2v) is 10.2. The van der Waals surface area contributed by atoms with Gasteiger partial charge in [-0.1, -0.05) is 32.1 Å². The number of carbonyl (C=O) groups excluding carboxylic acids is 1. The molecule has 2 saturated carbocycles. The van der Waals surface area contributed by atoms with Gasteiger partial charge in [0, 0.05) is 5.41 Å². The van der Waals surface area contributed by atoms with Crippen molar-refractivity contribution in [1.82, 2.24) is 0 Å². The summed E-state index contributed by atoms with van der Waals surface area (Å²) in [5.41, 5.74) is 1.74. The Kier molecular flexibility index (Phi) is 4.80. The number of rotatable bonds is 2. The Bertz CT molecular complexity index is 710. The third kappa shape index (κ3) is 3.06. The van der Waals surface area contributed by atoms with E-state index in [-0.39, 0.29) is 35.4 Å². The molecule has 156 valence electrons. The lowest BCUT2D eigenvalue weighted by molar-refractivity contribution is -0.344. The van der Waals surface area contributed by atoms with Crippen molar-refractivity contribution in [3.8, 4) is 0 Å². The van der Waals surface area contributed by atoms with Gasteiger partial charge in [-0.25, -0.2) is 4.79 Å². The van der Waals surface area contributed by atoms with Gasteiger partial charge in [0.25, 0.3) is 0 Å². The molecule has 0 aromatic heterocycles. The lowest BCUT2D eigenvalue weighted by atomic mass is 9.46. The fourth-order valence-corrected chi connectivity index (χ4v) is 6.43. The number of cyclic esters (lactones) is 1. The smallest absolute Gasteiger partial charge is 0.336 e. The molecule has 28 heavy (non-hydrogen) atoms. The number of carbonyl (C=O) groups is 1. The standard InChI is InChI=1S/C23H34O5/c1-14-6-9-18-22(4,16(14)8-7-15-17(24)12-26-20(15)25)11-10-19-23(18,5)13-27-21(2,3)28-19/h7,16-19,24H,1,6,8-13H2,2-5H3/b15-7+/t16-,17+,18?,19+,22+,23-/m0/s1. The Morgan fingerprint density at radius 3 is 2.64 bits per heavy atom. The van der Waals surface area contributed by atoms with Crippen LogP contribution >= 0.6 is 0 Å². The number of hydrogen-bond acceptors (Lipinski definition) is 5. The number of ether oxygens (including phenoxy) is 3. The van der Waals surface area contributed by atoms with Gasteiger partial charge in [0.2, 0.25) is 0 Å². The first-order valence-corrected chi connectivity index (χ1v) is 10.6. The maximum Gasteiger partial charge on any atom is 0.336 e. The second-order valence-electron chi connectivity index (χ2n) is 10.2. The van der Waals surface area contributed by atoms with Crippen molar-refractivity contribution in [3.05, 3.63) is 23.8 Å². The maximum atomic E-state index is 11.9. The summed E-state index contributed by atoms with van der Waals surface area (Å²) in [5.74, 6) is -0.141. The molecular formula is C23H34O5. The number of allylic oxidation sites excluding steroid dienone is 2. The van der Waals surface area contributed by atoms with Gasteiger partial charge in [-0.3, -0.25) is 0 Å². The average molecular weight is 391 g/mol. The Morgan fingerprint density at radius 2 is 1.96 bits per heavy atom. The minimum atomic E-state index is -0.802. The largest absolute Gasteiger partial charge is 0.459 e. The van der Waals surface area contributed by atoms with Crippen LogP contribution in [0.15, 0.2) is 23.8 Å². The minimum absolute atomic E-state index is 0.0135. The van der Waals surface area contributed by atoms with Crippen LogP contribution in [0.3, 0.4) is 0 Å². The summed E-state index contributed by atoms with van der Waals surface area (Å²) in [5, 5.41) is 10.0. The molecule has 6 atom stereocenters. The van der Waals surface area contributed by atoms with Gasteiger partial charge in [0.05, 0.1) is 18.3 Å². The van der Waals surface area contributed by atoms with Crippen LogP contribution in [0.1, 0.15) is 59.8 Å². The summed E-state index contributed by atoms with van der Waals surface area (Å²) in [7, 11) is 0. The number of esters is 1. The van der Waals surface area contributed by atoms with Crippen LogP contribution in [0, 0.1) is 22.7 Å². The molecule has 0 aromatic rings. The van der Waals surface area contributed by atoms with Crippen molar-refractivity contribution >= 4 is 5.97 Å². The van der Waals surface area contributed by atoms with Crippen LogP contribution in [0.4, 0.5) is 0 Å². The number of hydrogen-bond donors (Lipinski definition) is 1. The zero-order valence-corrected chi connectivity index (χ0v) is 17.6. The van der Waals surface area contributed by atoms with Gasteiger partial charge in [-0.15, -0.1) is 0 Å². The predicted molar refractivity (Wildman–Crippen MR) is 105 cm³/mol. The van der Waals surface area contributed by atoms with Crippen LogP contribution in [-0.2, 0) is 19.0 Å². The van der Waals surface area contributed by atoms with Crippen molar-refractivity contribution in [1.29, 1.82) is 0 Å². The molecule has 0 bridgehead atoms. The molecule has 0 spiro atoms. The first kappa shape index (κ1) is 20.1.